The van der Waals surface area contributed by atoms with Gasteiger partial charge in [0, 0.05) is 5.39 Å². The number of alkyl halides is 3. The molecule has 1 heterocycles. The van der Waals surface area contributed by atoms with E-state index in [4.69, 9.17) is 9.52 Å². The number of hydrogen-bond donors (Lipinski definition) is 2. The molecule has 24 heavy (non-hydrogen) atoms. The van der Waals surface area contributed by atoms with Gasteiger partial charge in [0.1, 0.15) is 11.3 Å². The second kappa shape index (κ2) is 6.12. The quantitative estimate of drug-likeness (QED) is 0.872. The van der Waals surface area contributed by atoms with Crippen molar-refractivity contribution in [2.75, 3.05) is 6.61 Å². The van der Waals surface area contributed by atoms with E-state index in [1.54, 1.807) is 13.0 Å². The lowest BCUT2D eigenvalue weighted by molar-refractivity contribution is -0.141. The number of benzene rings is 1. The summed E-state index contributed by atoms with van der Waals surface area (Å²) in [5.41, 5.74) is 1.86. The average Bonchev–Trinajstić information content (AvgIpc) is 3.27. The van der Waals surface area contributed by atoms with Gasteiger partial charge < -0.3 is 14.8 Å². The van der Waals surface area contributed by atoms with Crippen LogP contribution >= 0.6 is 0 Å². The molecule has 130 valence electrons. The molecular formula is C17H18F3NO3. The smallest absolute Gasteiger partial charge is 0.391 e. The highest BCUT2D eigenvalue weighted by molar-refractivity contribution is 6.07. The van der Waals surface area contributed by atoms with Gasteiger partial charge in [0.25, 0.3) is 5.91 Å². The Kier molecular flexibility index (Phi) is 4.29. The Bertz CT molecular complexity index is 762. The molecule has 1 atom stereocenters. The molecule has 3 rings (SSSR count). The monoisotopic (exact) mass is 341 g/mol. The minimum Gasteiger partial charge on any atom is -0.461 e. The van der Waals surface area contributed by atoms with E-state index >= 15 is 0 Å². The lowest BCUT2D eigenvalue weighted by Crippen LogP contribution is -2.40. The van der Waals surface area contributed by atoms with Crippen LogP contribution in [0.4, 0.5) is 13.2 Å². The van der Waals surface area contributed by atoms with Crippen LogP contribution in [0.5, 0.6) is 0 Å². The van der Waals surface area contributed by atoms with Gasteiger partial charge in [-0.05, 0) is 43.4 Å². The second-order valence-electron chi connectivity index (χ2n) is 6.24. The van der Waals surface area contributed by atoms with E-state index in [9.17, 15) is 18.0 Å². The summed E-state index contributed by atoms with van der Waals surface area (Å²) < 4.78 is 43.0. The zero-order chi connectivity index (χ0) is 17.5. The lowest BCUT2D eigenvalue weighted by atomic mass is 10.0. The summed E-state index contributed by atoms with van der Waals surface area (Å²) in [6, 6.07) is 4.22. The van der Waals surface area contributed by atoms with Crippen molar-refractivity contribution in [1.29, 1.82) is 0 Å². The molecule has 2 aromatic rings. The number of aliphatic hydroxyl groups is 1. The van der Waals surface area contributed by atoms with Crippen LogP contribution in [0.25, 0.3) is 11.0 Å². The highest BCUT2D eigenvalue weighted by Crippen LogP contribution is 2.41. The molecule has 1 unspecified atom stereocenters. The number of aryl methyl sites for hydroxylation is 1. The third-order valence-corrected chi connectivity index (χ3v) is 4.20. The molecule has 1 aromatic carbocycles. The molecule has 0 spiro atoms. The summed E-state index contributed by atoms with van der Waals surface area (Å²) in [6.45, 7) is 0.816. The van der Waals surface area contributed by atoms with E-state index < -0.39 is 31.2 Å². The number of halogens is 3. The number of hydrogen-bond acceptors (Lipinski definition) is 3. The fourth-order valence-corrected chi connectivity index (χ4v) is 2.89. The average molecular weight is 341 g/mol. The summed E-state index contributed by atoms with van der Waals surface area (Å²) in [7, 11) is 0. The Labute approximate surface area is 136 Å². The van der Waals surface area contributed by atoms with E-state index in [0.717, 1.165) is 18.4 Å². The highest BCUT2D eigenvalue weighted by Gasteiger charge is 2.33. The Hall–Kier alpha value is -2.02. The van der Waals surface area contributed by atoms with Crippen LogP contribution in [0.2, 0.25) is 0 Å². The minimum atomic E-state index is -4.46. The molecular weight excluding hydrogens is 323 g/mol. The standard InChI is InChI=1S/C17H18F3NO3/c1-9-15(16(23)21-12(8-22)7-17(18,19)20)13-6-11(10-2-3-10)4-5-14(13)24-9/h4-6,10,12,22H,2-3,7-8H2,1H3,(H,21,23). The van der Waals surface area contributed by atoms with Gasteiger partial charge in [-0.3, -0.25) is 4.79 Å². The topological polar surface area (TPSA) is 62.5 Å². The third kappa shape index (κ3) is 3.56. The molecule has 1 aliphatic carbocycles. The zero-order valence-corrected chi connectivity index (χ0v) is 13.1. The third-order valence-electron chi connectivity index (χ3n) is 4.20. The maximum absolute atomic E-state index is 12.5. The van der Waals surface area contributed by atoms with Crippen LogP contribution in [0.15, 0.2) is 22.6 Å². The van der Waals surface area contributed by atoms with Crippen LogP contribution in [0.3, 0.4) is 0 Å². The van der Waals surface area contributed by atoms with Crippen LogP contribution in [0.1, 0.15) is 46.9 Å². The first-order valence-corrected chi connectivity index (χ1v) is 7.80. The largest absolute Gasteiger partial charge is 0.461 e. The van der Waals surface area contributed by atoms with Gasteiger partial charge in [0.15, 0.2) is 0 Å². The van der Waals surface area contributed by atoms with Crippen molar-refractivity contribution >= 4 is 16.9 Å². The van der Waals surface area contributed by atoms with Crippen LogP contribution in [-0.4, -0.2) is 29.8 Å². The van der Waals surface area contributed by atoms with Gasteiger partial charge in [-0.1, -0.05) is 6.07 Å². The van der Waals surface area contributed by atoms with Crippen molar-refractivity contribution in [2.45, 2.75) is 44.3 Å². The first kappa shape index (κ1) is 16.8. The van der Waals surface area contributed by atoms with E-state index in [2.05, 4.69) is 5.32 Å². The first-order valence-electron chi connectivity index (χ1n) is 7.80. The van der Waals surface area contributed by atoms with Crippen LogP contribution in [-0.2, 0) is 0 Å². The van der Waals surface area contributed by atoms with Crippen molar-refractivity contribution in [1.82, 2.24) is 5.32 Å². The Morgan fingerprint density at radius 2 is 2.12 bits per heavy atom. The number of furan rings is 1. The van der Waals surface area contributed by atoms with E-state index in [1.165, 1.54) is 0 Å². The van der Waals surface area contributed by atoms with Crippen molar-refractivity contribution in [3.8, 4) is 0 Å². The molecule has 0 bridgehead atoms. The molecule has 7 heteroatoms. The SMILES string of the molecule is Cc1oc2ccc(C3CC3)cc2c1C(=O)NC(CO)CC(F)(F)F. The van der Waals surface area contributed by atoms with Gasteiger partial charge in [-0.25, -0.2) is 0 Å². The van der Waals surface area contributed by atoms with Gasteiger partial charge >= 0.3 is 6.18 Å². The maximum Gasteiger partial charge on any atom is 0.391 e. The van der Waals surface area contributed by atoms with Gasteiger partial charge in [-0.15, -0.1) is 0 Å². The molecule has 1 fully saturated rings. The molecule has 4 nitrogen and oxygen atoms in total. The molecule has 0 aliphatic heterocycles. The summed E-state index contributed by atoms with van der Waals surface area (Å²) in [6.07, 6.45) is -3.55. The number of rotatable bonds is 5. The van der Waals surface area contributed by atoms with Gasteiger partial charge in [-0.2, -0.15) is 13.2 Å². The Morgan fingerprint density at radius 1 is 1.42 bits per heavy atom. The highest BCUT2D eigenvalue weighted by atomic mass is 19.4. The molecule has 0 radical (unpaired) electrons. The summed E-state index contributed by atoms with van der Waals surface area (Å²) >= 11 is 0. The summed E-state index contributed by atoms with van der Waals surface area (Å²) in [4.78, 5) is 12.4. The summed E-state index contributed by atoms with van der Waals surface area (Å²) in [5, 5.41) is 12.0. The van der Waals surface area contributed by atoms with Gasteiger partial charge in [0.2, 0.25) is 0 Å². The normalized spacial score (nSPS) is 16.4. The Morgan fingerprint density at radius 3 is 2.71 bits per heavy atom. The molecule has 0 saturated heterocycles. The van der Waals surface area contributed by atoms with E-state index in [0.29, 0.717) is 22.6 Å². The van der Waals surface area contributed by atoms with E-state index in [-0.39, 0.29) is 5.56 Å². The molecule has 2 N–H and O–H groups in total. The van der Waals surface area contributed by atoms with E-state index in [1.807, 2.05) is 12.1 Å². The zero-order valence-electron chi connectivity index (χ0n) is 13.1. The minimum absolute atomic E-state index is 0.230. The summed E-state index contributed by atoms with van der Waals surface area (Å²) in [5.74, 6) is 0.164. The predicted octanol–water partition coefficient (Wildman–Crippen LogP) is 3.66. The Balaban J connectivity index is 1.88. The molecule has 1 aromatic heterocycles. The first-order chi connectivity index (χ1) is 11.3. The van der Waals surface area contributed by atoms with Crippen molar-refractivity contribution in [3.05, 3.63) is 35.1 Å². The number of amides is 1. The fraction of sp³-hybridized carbons (Fsp3) is 0.471. The molecule has 1 amide bonds. The van der Waals surface area contributed by atoms with Gasteiger partial charge in [0.05, 0.1) is 24.6 Å². The predicted molar refractivity (Wildman–Crippen MR) is 81.9 cm³/mol. The number of nitrogens with one attached hydrogen (secondary N) is 1. The second-order valence-corrected chi connectivity index (χ2v) is 6.24. The molecule has 1 aliphatic rings. The van der Waals surface area contributed by atoms with Crippen LogP contribution in [0, 0.1) is 6.92 Å². The van der Waals surface area contributed by atoms with Crippen molar-refractivity contribution < 1.29 is 27.5 Å². The maximum atomic E-state index is 12.5. The van der Waals surface area contributed by atoms with Crippen molar-refractivity contribution in [3.63, 3.8) is 0 Å². The number of fused-ring (bicyclic) bond motifs is 1. The number of carbonyl (C=O) groups is 1. The number of aliphatic hydroxyl groups excluding tert-OH is 1. The van der Waals surface area contributed by atoms with Crippen LogP contribution < -0.4 is 5.32 Å². The molecule has 1 saturated carbocycles. The van der Waals surface area contributed by atoms with Crippen molar-refractivity contribution in [2.24, 2.45) is 0 Å². The number of carbonyl (C=O) groups excluding carboxylic acids is 1. The lowest BCUT2D eigenvalue weighted by Gasteiger charge is -2.17. The fourth-order valence-electron chi connectivity index (χ4n) is 2.89.